The molecule has 1 unspecified atom stereocenters. The lowest BCUT2D eigenvalue weighted by atomic mass is 9.71. The lowest BCUT2D eigenvalue weighted by Crippen LogP contribution is -2.42. The predicted octanol–water partition coefficient (Wildman–Crippen LogP) is 3.99. The lowest BCUT2D eigenvalue weighted by Gasteiger charge is -2.37. The van der Waals surface area contributed by atoms with Crippen molar-refractivity contribution in [2.24, 2.45) is 11.3 Å². The normalized spacial score (nSPS) is 20.6. The summed E-state index contributed by atoms with van der Waals surface area (Å²) in [4.78, 5) is 27.9. The van der Waals surface area contributed by atoms with Gasteiger partial charge in [0.05, 0.1) is 5.92 Å². The van der Waals surface area contributed by atoms with Crippen LogP contribution >= 0.6 is 11.6 Å². The average Bonchev–Trinajstić information content (AvgIpc) is 3.07. The predicted molar refractivity (Wildman–Crippen MR) is 108 cm³/mol. The lowest BCUT2D eigenvalue weighted by molar-refractivity contribution is -0.124. The average molecular weight is 417 g/mol. The first kappa shape index (κ1) is 19.9. The van der Waals surface area contributed by atoms with Gasteiger partial charge in [-0.15, -0.1) is 0 Å². The fourth-order valence-electron chi connectivity index (χ4n) is 4.34. The van der Waals surface area contributed by atoms with Crippen molar-refractivity contribution in [1.29, 1.82) is 0 Å². The Kier molecular flexibility index (Phi) is 5.56. The number of nitrogens with one attached hydrogen (secondary N) is 1. The number of rotatable bonds is 3. The van der Waals surface area contributed by atoms with Gasteiger partial charge in [-0.3, -0.25) is 9.59 Å². The molecule has 0 radical (unpaired) electrons. The highest BCUT2D eigenvalue weighted by Gasteiger charge is 2.51. The van der Waals surface area contributed by atoms with Gasteiger partial charge in [0.25, 0.3) is 5.91 Å². The van der Waals surface area contributed by atoms with Crippen molar-refractivity contribution in [2.75, 3.05) is 31.6 Å². The number of nitrogens with zero attached hydrogens (tertiary/aromatic N) is 1. The monoisotopic (exact) mass is 416 g/mol. The third-order valence-electron chi connectivity index (χ3n) is 5.92. The SMILES string of the molecule is O=C(Nc1cccc(F)c1)C1CN(C(=O)c2ccc(Cl)cc2)CC12CCOCC2. The maximum Gasteiger partial charge on any atom is 0.253 e. The van der Waals surface area contributed by atoms with E-state index >= 15 is 0 Å². The molecule has 1 N–H and O–H groups in total. The quantitative estimate of drug-likeness (QED) is 0.823. The van der Waals surface area contributed by atoms with E-state index in [0.29, 0.717) is 55.4 Å². The zero-order valence-electron chi connectivity index (χ0n) is 15.9. The molecule has 152 valence electrons. The first-order valence-electron chi connectivity index (χ1n) is 9.66. The van der Waals surface area contributed by atoms with Crippen molar-refractivity contribution in [3.05, 3.63) is 64.9 Å². The second-order valence-corrected chi connectivity index (χ2v) is 8.16. The molecule has 0 bridgehead atoms. The molecule has 2 saturated heterocycles. The van der Waals surface area contributed by atoms with E-state index in [1.54, 1.807) is 41.3 Å². The van der Waals surface area contributed by atoms with Crippen LogP contribution in [0.25, 0.3) is 0 Å². The minimum atomic E-state index is -0.408. The van der Waals surface area contributed by atoms with Gasteiger partial charge in [-0.25, -0.2) is 4.39 Å². The van der Waals surface area contributed by atoms with Gasteiger partial charge in [0.15, 0.2) is 0 Å². The molecular weight excluding hydrogens is 395 g/mol. The number of amides is 2. The first-order valence-corrected chi connectivity index (χ1v) is 10.0. The summed E-state index contributed by atoms with van der Waals surface area (Å²) >= 11 is 5.93. The van der Waals surface area contributed by atoms with E-state index in [2.05, 4.69) is 5.32 Å². The minimum absolute atomic E-state index is 0.117. The Morgan fingerprint density at radius 2 is 1.86 bits per heavy atom. The summed E-state index contributed by atoms with van der Waals surface area (Å²) < 4.78 is 19.0. The van der Waals surface area contributed by atoms with Crippen LogP contribution in [0.5, 0.6) is 0 Å². The number of hydrogen-bond donors (Lipinski definition) is 1. The molecule has 2 aromatic carbocycles. The zero-order valence-corrected chi connectivity index (χ0v) is 16.6. The molecule has 2 heterocycles. The van der Waals surface area contributed by atoms with Crippen molar-refractivity contribution in [2.45, 2.75) is 12.8 Å². The maximum absolute atomic E-state index is 13.5. The van der Waals surface area contributed by atoms with Crippen molar-refractivity contribution in [3.63, 3.8) is 0 Å². The summed E-state index contributed by atoms with van der Waals surface area (Å²) in [5.41, 5.74) is 0.625. The van der Waals surface area contributed by atoms with Crippen LogP contribution in [0.2, 0.25) is 5.02 Å². The van der Waals surface area contributed by atoms with Crippen LogP contribution in [-0.2, 0) is 9.53 Å². The smallest absolute Gasteiger partial charge is 0.253 e. The van der Waals surface area contributed by atoms with Gasteiger partial charge >= 0.3 is 0 Å². The molecular formula is C22H22ClFN2O3. The standard InChI is InChI=1S/C22H22ClFN2O3/c23-16-6-4-15(5-7-16)21(28)26-13-19(22(14-26)8-10-29-11-9-22)20(27)25-18-3-1-2-17(24)12-18/h1-7,12,19H,8-11,13-14H2,(H,25,27). The van der Waals surface area contributed by atoms with E-state index in [4.69, 9.17) is 16.3 Å². The number of ether oxygens (including phenoxy) is 1. The molecule has 29 heavy (non-hydrogen) atoms. The number of carbonyl (C=O) groups is 2. The molecule has 5 nitrogen and oxygen atoms in total. The molecule has 2 aromatic rings. The number of anilines is 1. The van der Waals surface area contributed by atoms with Crippen molar-refractivity contribution in [1.82, 2.24) is 4.90 Å². The molecule has 2 fully saturated rings. The third kappa shape index (κ3) is 4.14. The van der Waals surface area contributed by atoms with Crippen LogP contribution in [0.3, 0.4) is 0 Å². The van der Waals surface area contributed by atoms with Crippen LogP contribution in [-0.4, -0.2) is 43.0 Å². The van der Waals surface area contributed by atoms with Crippen LogP contribution < -0.4 is 5.32 Å². The Morgan fingerprint density at radius 3 is 2.55 bits per heavy atom. The van der Waals surface area contributed by atoms with Gasteiger partial charge in [-0.2, -0.15) is 0 Å². The van der Waals surface area contributed by atoms with E-state index < -0.39 is 5.82 Å². The Bertz CT molecular complexity index is 913. The molecule has 7 heteroatoms. The molecule has 0 saturated carbocycles. The summed E-state index contributed by atoms with van der Waals surface area (Å²) in [6.07, 6.45) is 1.41. The van der Waals surface area contributed by atoms with Gasteiger partial charge in [0.2, 0.25) is 5.91 Å². The number of likely N-dealkylation sites (tertiary alicyclic amines) is 1. The van der Waals surface area contributed by atoms with E-state index in [0.717, 1.165) is 0 Å². The highest BCUT2D eigenvalue weighted by Crippen LogP contribution is 2.45. The Hall–Kier alpha value is -2.44. The molecule has 1 atom stereocenters. The fraction of sp³-hybridized carbons (Fsp3) is 0.364. The molecule has 1 spiro atoms. The maximum atomic E-state index is 13.5. The Morgan fingerprint density at radius 1 is 1.14 bits per heavy atom. The third-order valence-corrected chi connectivity index (χ3v) is 6.18. The molecule has 0 aliphatic carbocycles. The summed E-state index contributed by atoms with van der Waals surface area (Å²) in [7, 11) is 0. The van der Waals surface area contributed by atoms with Crippen LogP contribution in [0.1, 0.15) is 23.2 Å². The van der Waals surface area contributed by atoms with E-state index in [9.17, 15) is 14.0 Å². The van der Waals surface area contributed by atoms with Gasteiger partial charge < -0.3 is 15.0 Å². The Balaban J connectivity index is 1.56. The van der Waals surface area contributed by atoms with Crippen molar-refractivity contribution >= 4 is 29.1 Å². The second kappa shape index (κ2) is 8.13. The molecule has 2 aliphatic heterocycles. The summed E-state index contributed by atoms with van der Waals surface area (Å²) in [6.45, 7) is 1.95. The van der Waals surface area contributed by atoms with Gasteiger partial charge in [0, 0.05) is 48.0 Å². The second-order valence-electron chi connectivity index (χ2n) is 7.72. The van der Waals surface area contributed by atoms with Crippen molar-refractivity contribution < 1.29 is 18.7 Å². The highest BCUT2D eigenvalue weighted by atomic mass is 35.5. The zero-order chi connectivity index (χ0) is 20.4. The number of carbonyl (C=O) groups excluding carboxylic acids is 2. The fourth-order valence-corrected chi connectivity index (χ4v) is 4.47. The highest BCUT2D eigenvalue weighted by molar-refractivity contribution is 6.30. The first-order chi connectivity index (χ1) is 14.0. The molecule has 4 rings (SSSR count). The van der Waals surface area contributed by atoms with Crippen LogP contribution in [0.15, 0.2) is 48.5 Å². The summed E-state index contributed by atoms with van der Waals surface area (Å²) in [5.74, 6) is -1.10. The number of halogens is 2. The van der Waals surface area contributed by atoms with Gasteiger partial charge in [0.1, 0.15) is 5.82 Å². The Labute approximate surface area is 173 Å². The largest absolute Gasteiger partial charge is 0.381 e. The molecule has 2 aliphatic rings. The summed E-state index contributed by atoms with van der Waals surface area (Å²) in [5, 5.41) is 3.39. The van der Waals surface area contributed by atoms with Gasteiger partial charge in [-0.05, 0) is 55.3 Å². The number of hydrogen-bond acceptors (Lipinski definition) is 3. The minimum Gasteiger partial charge on any atom is -0.381 e. The summed E-state index contributed by atoms with van der Waals surface area (Å²) in [6, 6.07) is 12.6. The van der Waals surface area contributed by atoms with Crippen molar-refractivity contribution in [3.8, 4) is 0 Å². The molecule has 2 amide bonds. The molecule has 0 aromatic heterocycles. The van der Waals surface area contributed by atoms with Crippen LogP contribution in [0.4, 0.5) is 10.1 Å². The van der Waals surface area contributed by atoms with E-state index in [1.165, 1.54) is 12.1 Å². The number of benzene rings is 2. The van der Waals surface area contributed by atoms with E-state index in [1.807, 2.05) is 0 Å². The van der Waals surface area contributed by atoms with Gasteiger partial charge in [-0.1, -0.05) is 17.7 Å². The van der Waals surface area contributed by atoms with E-state index in [-0.39, 0.29) is 23.1 Å². The topological polar surface area (TPSA) is 58.6 Å². The van der Waals surface area contributed by atoms with Crippen LogP contribution in [0, 0.1) is 17.2 Å².